The van der Waals surface area contributed by atoms with Crippen LogP contribution in [-0.4, -0.2) is 35.1 Å². The Balaban J connectivity index is 2.10. The number of amides is 2. The van der Waals surface area contributed by atoms with E-state index >= 15 is 0 Å². The first kappa shape index (κ1) is 22.9. The van der Waals surface area contributed by atoms with Crippen LogP contribution in [0.5, 0.6) is 0 Å². The van der Waals surface area contributed by atoms with Gasteiger partial charge in [-0.2, -0.15) is 0 Å². The number of nitrogens with one attached hydrogen (secondary N) is 1. The van der Waals surface area contributed by atoms with E-state index in [2.05, 4.69) is 5.32 Å². The molecule has 0 unspecified atom stereocenters. The highest BCUT2D eigenvalue weighted by Gasteiger charge is 2.26. The molecule has 0 heterocycles. The van der Waals surface area contributed by atoms with Gasteiger partial charge in [0.05, 0.1) is 5.75 Å². The maximum absolute atomic E-state index is 13.2. The van der Waals surface area contributed by atoms with Gasteiger partial charge in [0.2, 0.25) is 11.8 Å². The predicted molar refractivity (Wildman–Crippen MR) is 116 cm³/mol. The first-order valence-electron chi connectivity index (χ1n) is 9.77. The molecule has 1 N–H and O–H groups in total. The summed E-state index contributed by atoms with van der Waals surface area (Å²) >= 11 is 1.44. The van der Waals surface area contributed by atoms with E-state index in [1.165, 1.54) is 23.9 Å². The van der Waals surface area contributed by atoms with Gasteiger partial charge in [0, 0.05) is 18.0 Å². The van der Waals surface area contributed by atoms with Crippen LogP contribution in [0.1, 0.15) is 31.9 Å². The predicted octanol–water partition coefficient (Wildman–Crippen LogP) is 4.42. The second-order valence-corrected chi connectivity index (χ2v) is 8.61. The maximum Gasteiger partial charge on any atom is 0.242 e. The molecule has 4 nitrogen and oxygen atoms in total. The van der Waals surface area contributed by atoms with Crippen molar-refractivity contribution in [3.63, 3.8) is 0 Å². The number of thioether (sulfide) groups is 1. The minimum absolute atomic E-state index is 0.132. The third-order valence-electron chi connectivity index (χ3n) is 4.50. The molecule has 0 aliphatic rings. The number of carbonyl (C=O) groups excluding carboxylic acids is 2. The summed E-state index contributed by atoms with van der Waals surface area (Å²) in [5.74, 6) is -0.0955. The minimum atomic E-state index is -0.620. The lowest BCUT2D eigenvalue weighted by Gasteiger charge is -2.29. The summed E-state index contributed by atoms with van der Waals surface area (Å²) in [5.41, 5.74) is 1.94. The molecule has 2 aromatic carbocycles. The SMILES string of the molecule is Cc1ccc(SCC(=O)N(Cc2ccc(F)cc2)[C@@H](C)C(=O)NCC(C)C)cc1. The van der Waals surface area contributed by atoms with E-state index in [0.717, 1.165) is 16.0 Å². The molecule has 0 aromatic heterocycles. The summed E-state index contributed by atoms with van der Waals surface area (Å²) in [7, 11) is 0. The molecule has 0 fully saturated rings. The Bertz CT molecular complexity index is 807. The Labute approximate surface area is 176 Å². The molecule has 156 valence electrons. The zero-order valence-electron chi connectivity index (χ0n) is 17.4. The molecule has 2 aromatic rings. The number of nitrogens with zero attached hydrogens (tertiary/aromatic N) is 1. The van der Waals surface area contributed by atoms with Crippen LogP contribution >= 0.6 is 11.8 Å². The summed E-state index contributed by atoms with van der Waals surface area (Å²) in [5, 5.41) is 2.89. The summed E-state index contributed by atoms with van der Waals surface area (Å²) in [4.78, 5) is 28.1. The van der Waals surface area contributed by atoms with Gasteiger partial charge >= 0.3 is 0 Å². The first-order chi connectivity index (χ1) is 13.8. The van der Waals surface area contributed by atoms with E-state index in [9.17, 15) is 14.0 Å². The molecule has 1 atom stereocenters. The summed E-state index contributed by atoms with van der Waals surface area (Å²) in [6, 6.07) is 13.4. The van der Waals surface area contributed by atoms with E-state index in [4.69, 9.17) is 0 Å². The van der Waals surface area contributed by atoms with Crippen LogP contribution in [0.2, 0.25) is 0 Å². The zero-order chi connectivity index (χ0) is 21.4. The number of carbonyl (C=O) groups is 2. The molecule has 6 heteroatoms. The van der Waals surface area contributed by atoms with E-state index in [0.29, 0.717) is 12.5 Å². The molecule has 0 aliphatic heterocycles. The molecule has 29 heavy (non-hydrogen) atoms. The van der Waals surface area contributed by atoms with Crippen LogP contribution in [0, 0.1) is 18.7 Å². The fraction of sp³-hybridized carbons (Fsp3) is 0.391. The fourth-order valence-corrected chi connectivity index (χ4v) is 3.47. The summed E-state index contributed by atoms with van der Waals surface area (Å²) in [6.07, 6.45) is 0. The molecule has 2 rings (SSSR count). The Morgan fingerprint density at radius 1 is 1.03 bits per heavy atom. The van der Waals surface area contributed by atoms with E-state index in [1.54, 1.807) is 24.0 Å². The number of halogens is 1. The standard InChI is InChI=1S/C23H29FN2O2S/c1-16(2)13-25-23(28)18(4)26(14-19-7-9-20(24)10-8-19)22(27)15-29-21-11-5-17(3)6-12-21/h5-12,16,18H,13-15H2,1-4H3,(H,25,28)/t18-/m0/s1. The van der Waals surface area contributed by atoms with Gasteiger partial charge in [-0.3, -0.25) is 9.59 Å². The Hall–Kier alpha value is -2.34. The molecule has 0 saturated carbocycles. The molecular weight excluding hydrogens is 387 g/mol. The van der Waals surface area contributed by atoms with Crippen LogP contribution in [0.15, 0.2) is 53.4 Å². The van der Waals surface area contributed by atoms with Crippen molar-refractivity contribution in [2.24, 2.45) is 5.92 Å². The lowest BCUT2D eigenvalue weighted by Crippen LogP contribution is -2.48. The van der Waals surface area contributed by atoms with Gasteiger partial charge in [0.25, 0.3) is 0 Å². The van der Waals surface area contributed by atoms with Crippen molar-refractivity contribution in [3.05, 3.63) is 65.5 Å². The average Bonchev–Trinajstić information content (AvgIpc) is 2.70. The van der Waals surface area contributed by atoms with Gasteiger partial charge in [-0.25, -0.2) is 4.39 Å². The first-order valence-corrected chi connectivity index (χ1v) is 10.8. The van der Waals surface area contributed by atoms with Crippen molar-refractivity contribution in [2.75, 3.05) is 12.3 Å². The van der Waals surface area contributed by atoms with Crippen LogP contribution in [0.3, 0.4) is 0 Å². The van der Waals surface area contributed by atoms with Gasteiger partial charge < -0.3 is 10.2 Å². The Kier molecular flexibility index (Phi) is 8.70. The zero-order valence-corrected chi connectivity index (χ0v) is 18.3. The van der Waals surface area contributed by atoms with Gasteiger partial charge in [-0.1, -0.05) is 43.7 Å². The highest BCUT2D eigenvalue weighted by molar-refractivity contribution is 8.00. The fourth-order valence-electron chi connectivity index (χ4n) is 2.68. The molecule has 2 amide bonds. The highest BCUT2D eigenvalue weighted by Crippen LogP contribution is 2.20. The topological polar surface area (TPSA) is 49.4 Å². The second kappa shape index (κ2) is 11.0. The monoisotopic (exact) mass is 416 g/mol. The van der Waals surface area contributed by atoms with E-state index in [-0.39, 0.29) is 29.9 Å². The van der Waals surface area contributed by atoms with Crippen LogP contribution in [0.25, 0.3) is 0 Å². The van der Waals surface area contributed by atoms with Crippen molar-refractivity contribution >= 4 is 23.6 Å². The van der Waals surface area contributed by atoms with Crippen LogP contribution < -0.4 is 5.32 Å². The van der Waals surface area contributed by atoms with Gasteiger partial charge in [-0.05, 0) is 49.6 Å². The van der Waals surface area contributed by atoms with Crippen LogP contribution in [-0.2, 0) is 16.1 Å². The molecule has 0 radical (unpaired) electrons. The van der Waals surface area contributed by atoms with Crippen molar-refractivity contribution in [1.82, 2.24) is 10.2 Å². The highest BCUT2D eigenvalue weighted by atomic mass is 32.2. The Morgan fingerprint density at radius 2 is 1.66 bits per heavy atom. The van der Waals surface area contributed by atoms with Crippen LogP contribution in [0.4, 0.5) is 4.39 Å². The number of benzene rings is 2. The second-order valence-electron chi connectivity index (χ2n) is 7.56. The molecule has 0 saturated heterocycles. The number of rotatable bonds is 9. The smallest absolute Gasteiger partial charge is 0.242 e. The van der Waals surface area contributed by atoms with Gasteiger partial charge in [0.15, 0.2) is 0 Å². The molecule has 0 aliphatic carbocycles. The van der Waals surface area contributed by atoms with Crippen molar-refractivity contribution in [1.29, 1.82) is 0 Å². The third kappa shape index (κ3) is 7.54. The normalized spacial score (nSPS) is 11.9. The van der Waals surface area contributed by atoms with Crippen molar-refractivity contribution in [2.45, 2.75) is 45.2 Å². The largest absolute Gasteiger partial charge is 0.354 e. The summed E-state index contributed by atoms with van der Waals surface area (Å²) in [6.45, 7) is 8.59. The number of hydrogen-bond donors (Lipinski definition) is 1. The Morgan fingerprint density at radius 3 is 2.24 bits per heavy atom. The van der Waals surface area contributed by atoms with E-state index in [1.807, 2.05) is 45.0 Å². The lowest BCUT2D eigenvalue weighted by atomic mass is 10.1. The quantitative estimate of drug-likeness (QED) is 0.616. The number of aryl methyl sites for hydroxylation is 1. The van der Waals surface area contributed by atoms with Crippen molar-refractivity contribution < 1.29 is 14.0 Å². The summed E-state index contributed by atoms with van der Waals surface area (Å²) < 4.78 is 13.2. The van der Waals surface area contributed by atoms with Gasteiger partial charge in [0.1, 0.15) is 11.9 Å². The molecular formula is C23H29FN2O2S. The maximum atomic E-state index is 13.2. The number of hydrogen-bond acceptors (Lipinski definition) is 3. The molecule has 0 spiro atoms. The lowest BCUT2D eigenvalue weighted by molar-refractivity contribution is -0.138. The minimum Gasteiger partial charge on any atom is -0.354 e. The average molecular weight is 417 g/mol. The van der Waals surface area contributed by atoms with Gasteiger partial charge in [-0.15, -0.1) is 11.8 Å². The van der Waals surface area contributed by atoms with E-state index < -0.39 is 6.04 Å². The molecule has 0 bridgehead atoms. The third-order valence-corrected chi connectivity index (χ3v) is 5.50. The van der Waals surface area contributed by atoms with Crippen molar-refractivity contribution in [3.8, 4) is 0 Å².